The van der Waals surface area contributed by atoms with Crippen LogP contribution in [0.25, 0.3) is 0 Å². The average molecular weight is 580 g/mol. The summed E-state index contributed by atoms with van der Waals surface area (Å²) in [6.07, 6.45) is 3.22. The number of thiophene rings is 1. The van der Waals surface area contributed by atoms with E-state index < -0.39 is 47.9 Å². The summed E-state index contributed by atoms with van der Waals surface area (Å²) < 4.78 is 0. The molecule has 40 heavy (non-hydrogen) atoms. The van der Waals surface area contributed by atoms with E-state index in [0.29, 0.717) is 13.1 Å². The number of nitrogens with one attached hydrogen (secondary N) is 4. The Balaban J connectivity index is 1.87. The van der Waals surface area contributed by atoms with Crippen molar-refractivity contribution in [2.75, 3.05) is 19.6 Å². The van der Waals surface area contributed by atoms with Crippen molar-refractivity contribution >= 4 is 41.0 Å². The van der Waals surface area contributed by atoms with Gasteiger partial charge in [0.15, 0.2) is 5.96 Å². The summed E-state index contributed by atoms with van der Waals surface area (Å²) in [5.74, 6) is -2.86. The van der Waals surface area contributed by atoms with Crippen LogP contribution in [0.3, 0.4) is 0 Å². The maximum atomic E-state index is 12.9. The first-order chi connectivity index (χ1) is 18.9. The Hall–Kier alpha value is -3.49. The number of aliphatic hydroxyl groups is 1. The normalized spacial score (nSPS) is 15.9. The van der Waals surface area contributed by atoms with Gasteiger partial charge in [0.2, 0.25) is 17.7 Å². The highest BCUT2D eigenvalue weighted by molar-refractivity contribution is 7.12. The maximum absolute atomic E-state index is 12.9. The van der Waals surface area contributed by atoms with E-state index in [-0.39, 0.29) is 38.2 Å². The zero-order valence-electron chi connectivity index (χ0n) is 22.9. The van der Waals surface area contributed by atoms with Crippen LogP contribution >= 0.6 is 11.3 Å². The van der Waals surface area contributed by atoms with Crippen molar-refractivity contribution in [3.63, 3.8) is 0 Å². The maximum Gasteiger partial charge on any atom is 0.326 e. The number of carboxylic acids is 1. The van der Waals surface area contributed by atoms with Crippen LogP contribution in [0.5, 0.6) is 0 Å². The first kappa shape index (κ1) is 32.7. The van der Waals surface area contributed by atoms with Gasteiger partial charge in [0.1, 0.15) is 18.1 Å². The number of amides is 3. The number of carbonyl (C=O) groups excluding carboxylic acids is 3. The van der Waals surface area contributed by atoms with Gasteiger partial charge in [0, 0.05) is 42.2 Å². The van der Waals surface area contributed by atoms with E-state index in [4.69, 9.17) is 16.9 Å². The lowest BCUT2D eigenvalue weighted by molar-refractivity contribution is -0.141. The fourth-order valence-corrected chi connectivity index (χ4v) is 5.23. The largest absolute Gasteiger partial charge is 0.480 e. The molecule has 0 radical (unpaired) electrons. The smallest absolute Gasteiger partial charge is 0.326 e. The van der Waals surface area contributed by atoms with Gasteiger partial charge in [0.25, 0.3) is 0 Å². The first-order valence-electron chi connectivity index (χ1n) is 13.3. The summed E-state index contributed by atoms with van der Waals surface area (Å²) in [5.41, 5.74) is 12.0. The van der Waals surface area contributed by atoms with Crippen LogP contribution in [-0.2, 0) is 32.0 Å². The number of aryl methyl sites for hydroxylation is 1. The first-order valence-corrected chi connectivity index (χ1v) is 14.1. The predicted molar refractivity (Wildman–Crippen MR) is 152 cm³/mol. The summed E-state index contributed by atoms with van der Waals surface area (Å²) in [5, 5.41) is 34.6. The second kappa shape index (κ2) is 15.9. The Labute approximate surface area is 237 Å². The molecule has 0 saturated carbocycles. The minimum Gasteiger partial charge on any atom is -0.480 e. The number of nitrogens with two attached hydrogens (primary N) is 2. The summed E-state index contributed by atoms with van der Waals surface area (Å²) in [6, 6.07) is 0.588. The van der Waals surface area contributed by atoms with Crippen molar-refractivity contribution in [3.05, 3.63) is 33.5 Å². The van der Waals surface area contributed by atoms with Crippen LogP contribution in [0.1, 0.15) is 49.3 Å². The van der Waals surface area contributed by atoms with Crippen LogP contribution in [0.15, 0.2) is 23.8 Å². The van der Waals surface area contributed by atoms with Crippen LogP contribution in [0, 0.1) is 5.41 Å². The molecule has 3 amide bonds. The Kier molecular flexibility index (Phi) is 13.0. The van der Waals surface area contributed by atoms with Crippen LogP contribution < -0.4 is 27.4 Å². The van der Waals surface area contributed by atoms with Crippen molar-refractivity contribution in [1.82, 2.24) is 20.9 Å². The van der Waals surface area contributed by atoms with Gasteiger partial charge in [-0.3, -0.25) is 19.8 Å². The van der Waals surface area contributed by atoms with Gasteiger partial charge < -0.3 is 42.5 Å². The van der Waals surface area contributed by atoms with Crippen LogP contribution in [0.2, 0.25) is 0 Å². The van der Waals surface area contributed by atoms with Gasteiger partial charge in [-0.1, -0.05) is 25.0 Å². The van der Waals surface area contributed by atoms with E-state index >= 15 is 0 Å². The van der Waals surface area contributed by atoms with E-state index in [1.54, 1.807) is 16.2 Å². The van der Waals surface area contributed by atoms with Crippen molar-refractivity contribution in [3.8, 4) is 0 Å². The molecule has 222 valence electrons. The molecule has 14 heteroatoms. The molecule has 0 bridgehead atoms. The fraction of sp³-hybridized carbons (Fsp3) is 0.577. The molecule has 10 N–H and O–H groups in total. The molecule has 13 nitrogen and oxygen atoms in total. The van der Waals surface area contributed by atoms with Crippen molar-refractivity contribution in [2.24, 2.45) is 11.5 Å². The summed E-state index contributed by atoms with van der Waals surface area (Å²) in [7, 11) is 0. The van der Waals surface area contributed by atoms with E-state index in [9.17, 15) is 29.4 Å². The van der Waals surface area contributed by atoms with Gasteiger partial charge in [-0.2, -0.15) is 0 Å². The topological polar surface area (TPSA) is 224 Å². The Morgan fingerprint density at radius 3 is 2.42 bits per heavy atom. The second-order valence-electron chi connectivity index (χ2n) is 9.83. The van der Waals surface area contributed by atoms with Crippen molar-refractivity contribution in [2.45, 2.75) is 76.6 Å². The molecule has 1 aliphatic rings. The van der Waals surface area contributed by atoms with Crippen molar-refractivity contribution in [1.29, 1.82) is 5.41 Å². The summed E-state index contributed by atoms with van der Waals surface area (Å²) in [6.45, 7) is 4.31. The van der Waals surface area contributed by atoms with E-state index in [1.165, 1.54) is 11.8 Å². The average Bonchev–Trinajstić information content (AvgIpc) is 3.55. The quantitative estimate of drug-likeness (QED) is 0.0542. The number of hydrogen-bond donors (Lipinski definition) is 8. The van der Waals surface area contributed by atoms with Gasteiger partial charge in [-0.25, -0.2) is 4.79 Å². The molecule has 1 aromatic heterocycles. The SMILES string of the molecule is CCCc1ccc(CC(NC(=O)CCCNC(=O)C(CC2=CCN(C(=N)N)C2)NC(=O)C(N)C(C)O)C(=O)O)s1. The van der Waals surface area contributed by atoms with Crippen LogP contribution in [-0.4, -0.2) is 88.6 Å². The molecule has 0 fully saturated rings. The molecule has 0 spiro atoms. The monoisotopic (exact) mass is 579 g/mol. The van der Waals surface area contributed by atoms with Gasteiger partial charge in [-0.15, -0.1) is 11.3 Å². The molecule has 0 aromatic carbocycles. The molecule has 4 atom stereocenters. The third-order valence-corrected chi connectivity index (χ3v) is 7.56. The summed E-state index contributed by atoms with van der Waals surface area (Å²) in [4.78, 5) is 53.1. The number of aliphatic carboxylic acids is 1. The molecule has 1 aliphatic heterocycles. The highest BCUT2D eigenvalue weighted by Crippen LogP contribution is 2.20. The van der Waals surface area contributed by atoms with Gasteiger partial charge in [-0.05, 0) is 38.3 Å². The summed E-state index contributed by atoms with van der Waals surface area (Å²) >= 11 is 1.54. The Morgan fingerprint density at radius 1 is 1.12 bits per heavy atom. The molecule has 1 aromatic rings. The Bertz CT molecular complexity index is 1090. The number of aliphatic hydroxyl groups excluding tert-OH is 1. The van der Waals surface area contributed by atoms with E-state index in [2.05, 4.69) is 22.9 Å². The molecular formula is C26H41N7O6S. The number of carbonyl (C=O) groups is 4. The van der Waals surface area contributed by atoms with E-state index in [1.807, 2.05) is 18.2 Å². The number of nitrogens with zero attached hydrogens (tertiary/aromatic N) is 1. The minimum atomic E-state index is -1.22. The molecular weight excluding hydrogens is 538 g/mol. The van der Waals surface area contributed by atoms with Gasteiger partial charge in [0.05, 0.1) is 6.10 Å². The number of rotatable bonds is 16. The minimum absolute atomic E-state index is 0.00175. The predicted octanol–water partition coefficient (Wildman–Crippen LogP) is -0.573. The zero-order chi connectivity index (χ0) is 29.8. The fourth-order valence-electron chi connectivity index (χ4n) is 4.07. The standard InChI is InChI=1S/C26H41N7O6S/c1-3-5-17-7-8-18(40-17)13-20(25(38)39)31-21(35)6-4-10-30-23(36)19(32-24(37)22(27)15(2)34)12-16-9-11-33(14-16)26(28)29/h7-9,15,19-20,22,34H,3-6,10-14,27H2,1-2H3,(H3,28,29)(H,30,36)(H,31,35)(H,32,37)(H,38,39). The highest BCUT2D eigenvalue weighted by Gasteiger charge is 2.28. The van der Waals surface area contributed by atoms with Gasteiger partial charge >= 0.3 is 5.97 Å². The molecule has 0 aliphatic carbocycles. The van der Waals surface area contributed by atoms with Crippen LogP contribution in [0.4, 0.5) is 0 Å². The van der Waals surface area contributed by atoms with E-state index in [0.717, 1.165) is 23.3 Å². The molecule has 2 heterocycles. The Morgan fingerprint density at radius 2 is 1.82 bits per heavy atom. The number of carboxylic acid groups (broad SMARTS) is 1. The van der Waals surface area contributed by atoms with Crippen molar-refractivity contribution < 1.29 is 29.4 Å². The number of hydrogen-bond acceptors (Lipinski definition) is 8. The molecule has 2 rings (SSSR count). The lowest BCUT2D eigenvalue weighted by Crippen LogP contribution is -2.54. The molecule has 0 saturated heterocycles. The lowest BCUT2D eigenvalue weighted by Gasteiger charge is -2.23. The number of guanidine groups is 1. The molecule has 4 unspecified atom stereocenters. The lowest BCUT2D eigenvalue weighted by atomic mass is 10.0. The third kappa shape index (κ3) is 10.6. The second-order valence-corrected chi connectivity index (χ2v) is 11.1. The highest BCUT2D eigenvalue weighted by atomic mass is 32.1. The third-order valence-electron chi connectivity index (χ3n) is 6.39. The zero-order valence-corrected chi connectivity index (χ0v) is 23.8.